The summed E-state index contributed by atoms with van der Waals surface area (Å²) < 4.78 is 8.01. The quantitative estimate of drug-likeness (QED) is 0.182. The average molecular weight is 609 g/mol. The number of nitrogens with zero attached hydrogens (tertiary/aromatic N) is 5. The van der Waals surface area contributed by atoms with E-state index < -0.39 is 0 Å². The highest BCUT2D eigenvalue weighted by molar-refractivity contribution is 6.03. The van der Waals surface area contributed by atoms with E-state index in [1.165, 1.54) is 38.3 Å². The number of carboxylic acid groups (broad SMARTS) is 1. The van der Waals surface area contributed by atoms with Crippen LogP contribution in [0.5, 0.6) is 11.5 Å². The van der Waals surface area contributed by atoms with Gasteiger partial charge in [-0.05, 0) is 81.2 Å². The molecular weight excluding hydrogens is 568 g/mol. The highest BCUT2D eigenvalue weighted by Crippen LogP contribution is 2.51. The van der Waals surface area contributed by atoms with Crippen molar-refractivity contribution in [3.8, 4) is 34.5 Å². The minimum atomic E-state index is -0.250. The van der Waals surface area contributed by atoms with Gasteiger partial charge in [0.2, 0.25) is 0 Å². The van der Waals surface area contributed by atoms with Gasteiger partial charge >= 0.3 is 0 Å². The van der Waals surface area contributed by atoms with Crippen LogP contribution in [-0.4, -0.2) is 83.0 Å². The first-order chi connectivity index (χ1) is 21.7. The first-order valence-corrected chi connectivity index (χ1v) is 14.7. The maximum atomic E-state index is 9.68. The first-order valence-electron chi connectivity index (χ1n) is 14.7. The van der Waals surface area contributed by atoms with Gasteiger partial charge in [-0.25, -0.2) is 9.97 Å². The van der Waals surface area contributed by atoms with E-state index in [-0.39, 0.29) is 6.47 Å². The number of allylic oxidation sites excluding steroid dienone is 1. The molecule has 0 bridgehead atoms. The molecule has 2 fully saturated rings. The number of aromatic nitrogens is 3. The number of aldehydes is 1. The second kappa shape index (κ2) is 15.1. The molecule has 234 valence electrons. The summed E-state index contributed by atoms with van der Waals surface area (Å²) in [5.74, 6) is 9.54. The van der Waals surface area contributed by atoms with Gasteiger partial charge in [-0.3, -0.25) is 9.59 Å². The number of benzene rings is 2. The van der Waals surface area contributed by atoms with Gasteiger partial charge in [-0.15, -0.1) is 0 Å². The lowest BCUT2D eigenvalue weighted by Gasteiger charge is -2.57. The number of likely N-dealkylation sites (N-methyl/N-ethyl adjacent to an activating group) is 1. The molecule has 3 heterocycles. The number of nitrogen functional groups attached to an aromatic ring is 1. The number of hydrogen-bond acceptors (Lipinski definition) is 8. The van der Waals surface area contributed by atoms with Crippen LogP contribution < -0.4 is 10.5 Å². The Morgan fingerprint density at radius 3 is 2.29 bits per heavy atom. The Morgan fingerprint density at radius 1 is 1.04 bits per heavy atom. The zero-order valence-electron chi connectivity index (χ0n) is 26.2. The molecule has 1 saturated carbocycles. The van der Waals surface area contributed by atoms with Crippen LogP contribution in [0.1, 0.15) is 18.5 Å². The van der Waals surface area contributed by atoms with Crippen molar-refractivity contribution in [3.63, 3.8) is 0 Å². The zero-order valence-corrected chi connectivity index (χ0v) is 26.2. The fourth-order valence-corrected chi connectivity index (χ4v) is 5.96. The van der Waals surface area contributed by atoms with Crippen molar-refractivity contribution >= 4 is 29.6 Å². The fourth-order valence-electron chi connectivity index (χ4n) is 5.96. The molecule has 2 aliphatic rings. The van der Waals surface area contributed by atoms with Crippen molar-refractivity contribution in [3.05, 3.63) is 78.8 Å². The summed E-state index contributed by atoms with van der Waals surface area (Å²) in [5.41, 5.74) is 10.6. The van der Waals surface area contributed by atoms with Crippen molar-refractivity contribution < 1.29 is 19.4 Å². The number of rotatable bonds is 6. The highest BCUT2D eigenvalue weighted by Gasteiger charge is 2.50. The van der Waals surface area contributed by atoms with Gasteiger partial charge in [0.25, 0.3) is 6.47 Å². The highest BCUT2D eigenvalue weighted by atomic mass is 16.5. The molecule has 10 heteroatoms. The Kier molecular flexibility index (Phi) is 11.1. The third-order valence-corrected chi connectivity index (χ3v) is 7.77. The smallest absolute Gasteiger partial charge is 0.290 e. The predicted octanol–water partition coefficient (Wildman–Crippen LogP) is 4.71. The number of anilines is 1. The maximum absolute atomic E-state index is 9.68. The fraction of sp³-hybridized carbons (Fsp3) is 0.314. The van der Waals surface area contributed by atoms with Gasteiger partial charge in [0.15, 0.2) is 0 Å². The van der Waals surface area contributed by atoms with Gasteiger partial charge in [-0.2, -0.15) is 0 Å². The van der Waals surface area contributed by atoms with Crippen molar-refractivity contribution in [2.24, 2.45) is 18.4 Å². The van der Waals surface area contributed by atoms with Gasteiger partial charge in [0, 0.05) is 38.2 Å². The van der Waals surface area contributed by atoms with E-state index in [9.17, 15) is 4.79 Å². The summed E-state index contributed by atoms with van der Waals surface area (Å²) in [6.45, 7) is 2.99. The predicted molar refractivity (Wildman–Crippen MR) is 177 cm³/mol. The second-order valence-electron chi connectivity index (χ2n) is 11.7. The van der Waals surface area contributed by atoms with Crippen LogP contribution >= 0.6 is 0 Å². The molecule has 6 rings (SSSR count). The van der Waals surface area contributed by atoms with E-state index in [0.717, 1.165) is 52.2 Å². The lowest BCUT2D eigenvalue weighted by atomic mass is 9.58. The van der Waals surface area contributed by atoms with Gasteiger partial charge in [-0.1, -0.05) is 42.3 Å². The summed E-state index contributed by atoms with van der Waals surface area (Å²) in [6, 6.07) is 17.8. The molecule has 0 radical (unpaired) electrons. The number of likely N-dealkylation sites (tertiary alicyclic amines) is 1. The van der Waals surface area contributed by atoms with E-state index in [1.807, 2.05) is 91.3 Å². The normalized spacial score (nSPS) is 15.1. The number of carbonyl (C=O) groups excluding carboxylic acids is 1. The molecule has 1 aliphatic carbocycles. The molecule has 1 aliphatic heterocycles. The summed E-state index contributed by atoms with van der Waals surface area (Å²) in [6.07, 6.45) is 7.99. The Labute approximate surface area is 264 Å². The van der Waals surface area contributed by atoms with Crippen molar-refractivity contribution in [2.45, 2.75) is 12.8 Å². The second-order valence-corrected chi connectivity index (χ2v) is 11.7. The molecule has 1 spiro atoms. The van der Waals surface area contributed by atoms with Crippen LogP contribution in [0, 0.1) is 23.2 Å². The lowest BCUT2D eigenvalue weighted by molar-refractivity contribution is -0.122. The van der Waals surface area contributed by atoms with Crippen LogP contribution in [0.25, 0.3) is 22.2 Å². The molecule has 2 aromatic carbocycles. The average Bonchev–Trinajstić information content (AvgIpc) is 3.27. The van der Waals surface area contributed by atoms with Crippen LogP contribution in [0.15, 0.2) is 73.1 Å². The minimum absolute atomic E-state index is 0.250. The molecule has 1 saturated heterocycles. The van der Waals surface area contributed by atoms with Crippen molar-refractivity contribution in [1.29, 1.82) is 0 Å². The summed E-state index contributed by atoms with van der Waals surface area (Å²) in [4.78, 5) is 31.2. The number of para-hydroxylation sites is 1. The molecule has 0 atom stereocenters. The maximum Gasteiger partial charge on any atom is 0.290 e. The summed E-state index contributed by atoms with van der Waals surface area (Å²) >= 11 is 0. The van der Waals surface area contributed by atoms with E-state index in [2.05, 4.69) is 33.8 Å². The monoisotopic (exact) mass is 608 g/mol. The van der Waals surface area contributed by atoms with Crippen LogP contribution in [0.3, 0.4) is 0 Å². The molecule has 45 heavy (non-hydrogen) atoms. The lowest BCUT2D eigenvalue weighted by Crippen LogP contribution is -2.60. The van der Waals surface area contributed by atoms with Gasteiger partial charge in [0.1, 0.15) is 41.3 Å². The Bertz CT molecular complexity index is 1670. The first kappa shape index (κ1) is 32.9. The topological polar surface area (TPSA) is 127 Å². The summed E-state index contributed by atoms with van der Waals surface area (Å²) in [7, 11) is 8.09. The number of nitrogens with two attached hydrogens (primary N) is 1. The molecule has 2 aromatic heterocycles. The van der Waals surface area contributed by atoms with Crippen LogP contribution in [0.4, 0.5) is 5.82 Å². The zero-order chi connectivity index (χ0) is 32.4. The Hall–Kier alpha value is -4.98. The minimum Gasteiger partial charge on any atom is -0.483 e. The molecule has 0 unspecified atom stereocenters. The number of aryl methyl sites for hydroxylation is 1. The van der Waals surface area contributed by atoms with Crippen molar-refractivity contribution in [1.82, 2.24) is 24.3 Å². The number of fused-ring (bicyclic) bond motifs is 1. The molecular formula is C35H40N6O4. The van der Waals surface area contributed by atoms with Crippen LogP contribution in [-0.2, 0) is 16.6 Å². The molecule has 0 amide bonds. The largest absolute Gasteiger partial charge is 0.483 e. The van der Waals surface area contributed by atoms with Crippen LogP contribution in [0.2, 0.25) is 0 Å². The summed E-state index contributed by atoms with van der Waals surface area (Å²) in [5, 5.41) is 7.73. The molecule has 4 aromatic rings. The Balaban J connectivity index is 0.000000363. The van der Waals surface area contributed by atoms with E-state index >= 15 is 0 Å². The molecule has 3 N–H and O–H groups in total. The van der Waals surface area contributed by atoms with Gasteiger partial charge < -0.3 is 29.9 Å². The molecule has 10 nitrogen and oxygen atoms in total. The Morgan fingerprint density at radius 2 is 1.69 bits per heavy atom. The number of hydrogen-bond donors (Lipinski definition) is 2. The third-order valence-electron chi connectivity index (χ3n) is 7.77. The van der Waals surface area contributed by atoms with E-state index in [0.29, 0.717) is 17.2 Å². The number of carbonyl (C=O) groups is 2. The van der Waals surface area contributed by atoms with Gasteiger partial charge in [0.05, 0.1) is 5.39 Å². The van der Waals surface area contributed by atoms with E-state index in [1.54, 1.807) is 0 Å². The standard InChI is InChI=1S/C28H27N5O.C6H11NO.CH2O2/c1-32-16-28(17-32)14-19(15-28)8-13-23-24(25-26(29)30-18-31-27(25)33(23)2)20-9-11-22(12-10-20)34-21-6-4-3-5-7-21;1-7(2)5-3-4-6-8;2-1-3/h3-7,9-12,18-19H,14-17H2,1-2H3,(H2,29,30,31);3-4,6H,5H2,1-2H3;1H,(H,2,3)/b;4-3+;. The third kappa shape index (κ3) is 8.15. The SMILES string of the molecule is CN(C)C/C=C/C=O.CN1CC2(CC(C#Cc3c(-c4ccc(Oc5ccccc5)cc4)c4c(N)ncnc4n3C)C2)C1.O=CO. The number of ether oxygens (including phenoxy) is 1. The van der Waals surface area contributed by atoms with Crippen molar-refractivity contribution in [2.75, 3.05) is 46.5 Å². The van der Waals surface area contributed by atoms with E-state index in [4.69, 9.17) is 20.4 Å².